The first-order chi connectivity index (χ1) is 12.5. The van der Waals surface area contributed by atoms with E-state index in [9.17, 15) is 15.2 Å². The lowest BCUT2D eigenvalue weighted by molar-refractivity contribution is -0.384. The van der Waals surface area contributed by atoms with E-state index >= 15 is 0 Å². The molecule has 2 aromatic heterocycles. The lowest BCUT2D eigenvalue weighted by atomic mass is 10.1. The molecule has 0 aliphatic carbocycles. The summed E-state index contributed by atoms with van der Waals surface area (Å²) in [6.45, 7) is -0.238. The Hall–Kier alpha value is -2.88. The molecule has 134 valence electrons. The van der Waals surface area contributed by atoms with E-state index in [2.05, 4.69) is 9.97 Å². The monoisotopic (exact) mass is 357 g/mol. The third-order valence-electron chi connectivity index (χ3n) is 4.36. The van der Waals surface area contributed by atoms with Crippen LogP contribution in [0.3, 0.4) is 0 Å². The zero-order chi connectivity index (χ0) is 18.3. The van der Waals surface area contributed by atoms with Crippen molar-refractivity contribution >= 4 is 16.8 Å². The Balaban J connectivity index is 1.59. The van der Waals surface area contributed by atoms with Crippen LogP contribution in [0.4, 0.5) is 5.69 Å². The highest BCUT2D eigenvalue weighted by Gasteiger charge is 2.34. The Bertz CT molecular complexity index is 955. The normalized spacial score (nSPS) is 22.8. The molecule has 0 amide bonds. The van der Waals surface area contributed by atoms with Gasteiger partial charge >= 0.3 is 0 Å². The zero-order valence-electron chi connectivity index (χ0n) is 13.5. The average molecular weight is 357 g/mol. The van der Waals surface area contributed by atoms with Crippen molar-refractivity contribution in [2.24, 2.45) is 0 Å². The van der Waals surface area contributed by atoms with Crippen molar-refractivity contribution < 1.29 is 24.3 Å². The van der Waals surface area contributed by atoms with Gasteiger partial charge in [0.05, 0.1) is 29.8 Å². The molecule has 1 aromatic carbocycles. The second-order valence-electron chi connectivity index (χ2n) is 6.05. The third-order valence-corrected chi connectivity index (χ3v) is 4.36. The third kappa shape index (κ3) is 2.92. The molecular formula is C17H15N3O6. The maximum Gasteiger partial charge on any atom is 0.273 e. The number of fused-ring (bicyclic) bond motifs is 1. The lowest BCUT2D eigenvalue weighted by Gasteiger charge is -2.12. The van der Waals surface area contributed by atoms with E-state index < -0.39 is 17.1 Å². The number of oxazole rings is 1. The summed E-state index contributed by atoms with van der Waals surface area (Å²) in [5.74, 6) is 0.257. The topological polar surface area (TPSA) is 132 Å². The fraction of sp³-hybridized carbons (Fsp3) is 0.294. The maximum absolute atomic E-state index is 10.8. The van der Waals surface area contributed by atoms with E-state index in [-0.39, 0.29) is 24.3 Å². The SMILES string of the molecule is O=[N+]([O-])c1ccc2nc(-c3ccc([C@H]4CC(O)[C@@H](CO)O4)cn3)oc2c1. The van der Waals surface area contributed by atoms with Gasteiger partial charge in [0.15, 0.2) is 5.58 Å². The molecule has 9 heteroatoms. The van der Waals surface area contributed by atoms with E-state index in [0.29, 0.717) is 23.2 Å². The Morgan fingerprint density at radius 3 is 2.81 bits per heavy atom. The summed E-state index contributed by atoms with van der Waals surface area (Å²) >= 11 is 0. The first-order valence-electron chi connectivity index (χ1n) is 8.01. The maximum atomic E-state index is 10.8. The summed E-state index contributed by atoms with van der Waals surface area (Å²) in [4.78, 5) is 18.9. The van der Waals surface area contributed by atoms with Crippen LogP contribution in [0.1, 0.15) is 18.1 Å². The smallest absolute Gasteiger partial charge is 0.273 e. The Kier molecular flexibility index (Phi) is 4.11. The molecule has 1 fully saturated rings. The van der Waals surface area contributed by atoms with E-state index in [1.54, 1.807) is 18.3 Å². The van der Waals surface area contributed by atoms with Crippen LogP contribution in [0.2, 0.25) is 0 Å². The van der Waals surface area contributed by atoms with Crippen LogP contribution in [0.25, 0.3) is 22.7 Å². The summed E-state index contributed by atoms with van der Waals surface area (Å²) in [7, 11) is 0. The van der Waals surface area contributed by atoms with Crippen LogP contribution < -0.4 is 0 Å². The Labute approximate surface area is 147 Å². The number of aromatic nitrogens is 2. The van der Waals surface area contributed by atoms with Crippen molar-refractivity contribution in [1.29, 1.82) is 0 Å². The quantitative estimate of drug-likeness (QED) is 0.535. The van der Waals surface area contributed by atoms with E-state index in [1.807, 2.05) is 0 Å². The summed E-state index contributed by atoms with van der Waals surface area (Å²) in [6.07, 6.45) is 0.350. The summed E-state index contributed by atoms with van der Waals surface area (Å²) in [5.41, 5.74) is 2.00. The molecule has 0 saturated carbocycles. The minimum atomic E-state index is -0.711. The fourth-order valence-electron chi connectivity index (χ4n) is 2.97. The Morgan fingerprint density at radius 2 is 2.15 bits per heavy atom. The predicted octanol–water partition coefficient (Wildman–Crippen LogP) is 1.98. The van der Waals surface area contributed by atoms with Crippen LogP contribution in [0.5, 0.6) is 0 Å². The zero-order valence-corrected chi connectivity index (χ0v) is 13.5. The summed E-state index contributed by atoms with van der Waals surface area (Å²) in [6, 6.07) is 7.71. The van der Waals surface area contributed by atoms with Crippen molar-refractivity contribution in [3.05, 3.63) is 52.2 Å². The van der Waals surface area contributed by atoms with Gasteiger partial charge in [-0.05, 0) is 17.7 Å². The number of nitro benzene ring substituents is 1. The number of non-ortho nitro benzene ring substituents is 1. The number of rotatable bonds is 4. The number of ether oxygens (including phenoxy) is 1. The molecule has 1 aliphatic heterocycles. The van der Waals surface area contributed by atoms with Gasteiger partial charge in [-0.3, -0.25) is 15.1 Å². The van der Waals surface area contributed by atoms with Crippen molar-refractivity contribution in [3.8, 4) is 11.6 Å². The van der Waals surface area contributed by atoms with Crippen LogP contribution in [-0.2, 0) is 4.74 Å². The number of hydrogen-bond acceptors (Lipinski definition) is 8. The number of nitrogens with zero attached hydrogens (tertiary/aromatic N) is 3. The van der Waals surface area contributed by atoms with E-state index in [4.69, 9.17) is 14.3 Å². The standard InChI is InChI=1S/C17H15N3O6/c21-8-16-13(22)6-14(25-16)9-1-3-12(18-7-9)17-19-11-4-2-10(20(23)24)5-15(11)26-17/h1-5,7,13-14,16,21-22H,6,8H2/t13?,14-,16-/m1/s1. The molecule has 1 saturated heterocycles. The van der Waals surface area contributed by atoms with Gasteiger partial charge in [0.25, 0.3) is 5.69 Å². The average Bonchev–Trinajstić information content (AvgIpc) is 3.24. The minimum absolute atomic E-state index is 0.0705. The molecule has 0 spiro atoms. The van der Waals surface area contributed by atoms with Gasteiger partial charge in [-0.2, -0.15) is 0 Å². The van der Waals surface area contributed by atoms with Crippen LogP contribution in [0, 0.1) is 10.1 Å². The summed E-state index contributed by atoms with van der Waals surface area (Å²) in [5, 5.41) is 29.8. The highest BCUT2D eigenvalue weighted by Crippen LogP contribution is 2.33. The number of benzene rings is 1. The van der Waals surface area contributed by atoms with Gasteiger partial charge in [-0.25, -0.2) is 4.98 Å². The van der Waals surface area contributed by atoms with Crippen molar-refractivity contribution in [2.75, 3.05) is 6.61 Å². The van der Waals surface area contributed by atoms with Gasteiger partial charge < -0.3 is 19.4 Å². The van der Waals surface area contributed by atoms with Crippen molar-refractivity contribution in [3.63, 3.8) is 0 Å². The van der Waals surface area contributed by atoms with Crippen LogP contribution >= 0.6 is 0 Å². The van der Waals surface area contributed by atoms with Crippen LogP contribution in [0.15, 0.2) is 40.9 Å². The van der Waals surface area contributed by atoms with Crippen LogP contribution in [-0.4, -0.2) is 43.9 Å². The molecule has 4 rings (SSSR count). The molecule has 1 aliphatic rings. The number of pyridine rings is 1. The van der Waals surface area contributed by atoms with Gasteiger partial charge in [0, 0.05) is 18.7 Å². The predicted molar refractivity (Wildman–Crippen MR) is 89.2 cm³/mol. The fourth-order valence-corrected chi connectivity index (χ4v) is 2.97. The first kappa shape index (κ1) is 16.6. The number of aliphatic hydroxyl groups is 2. The molecule has 2 N–H and O–H groups in total. The van der Waals surface area contributed by atoms with Gasteiger partial charge in [-0.15, -0.1) is 0 Å². The molecule has 3 heterocycles. The highest BCUT2D eigenvalue weighted by atomic mass is 16.6. The molecule has 9 nitrogen and oxygen atoms in total. The first-order valence-corrected chi connectivity index (χ1v) is 8.01. The van der Waals surface area contributed by atoms with E-state index in [1.165, 1.54) is 18.2 Å². The minimum Gasteiger partial charge on any atom is -0.434 e. The van der Waals surface area contributed by atoms with Gasteiger partial charge in [0.2, 0.25) is 5.89 Å². The molecule has 3 atom stereocenters. The second kappa shape index (κ2) is 6.45. The van der Waals surface area contributed by atoms with Gasteiger partial charge in [0.1, 0.15) is 17.3 Å². The number of hydrogen-bond donors (Lipinski definition) is 2. The molecule has 3 aromatic rings. The molecule has 1 unspecified atom stereocenters. The Morgan fingerprint density at radius 1 is 1.31 bits per heavy atom. The van der Waals surface area contributed by atoms with Gasteiger partial charge in [-0.1, -0.05) is 6.07 Å². The molecular weight excluding hydrogens is 342 g/mol. The number of aliphatic hydroxyl groups excluding tert-OH is 2. The molecule has 26 heavy (non-hydrogen) atoms. The molecule has 0 radical (unpaired) electrons. The number of nitro groups is 1. The second-order valence-corrected chi connectivity index (χ2v) is 6.05. The highest BCUT2D eigenvalue weighted by molar-refractivity contribution is 5.78. The molecule has 0 bridgehead atoms. The van der Waals surface area contributed by atoms with E-state index in [0.717, 1.165) is 5.56 Å². The lowest BCUT2D eigenvalue weighted by Crippen LogP contribution is -2.24. The summed E-state index contributed by atoms with van der Waals surface area (Å²) < 4.78 is 11.2. The largest absolute Gasteiger partial charge is 0.434 e. The van der Waals surface area contributed by atoms with Crippen molar-refractivity contribution in [1.82, 2.24) is 9.97 Å². The van der Waals surface area contributed by atoms with Crippen molar-refractivity contribution in [2.45, 2.75) is 24.7 Å².